The van der Waals surface area contributed by atoms with Gasteiger partial charge in [0.05, 0.1) is 6.61 Å². The van der Waals surface area contributed by atoms with Gasteiger partial charge in [-0.3, -0.25) is 0 Å². The van der Waals surface area contributed by atoms with E-state index in [1.807, 2.05) is 13.8 Å². The molecule has 2 aliphatic rings. The second kappa shape index (κ2) is 5.39. The molecule has 0 saturated carbocycles. The van der Waals surface area contributed by atoms with E-state index in [1.165, 1.54) is 29.5 Å². The average Bonchev–Trinajstić information content (AvgIpc) is 2.38. The Morgan fingerprint density at radius 1 is 1.18 bits per heavy atom. The van der Waals surface area contributed by atoms with Gasteiger partial charge in [0.15, 0.2) is 0 Å². The minimum absolute atomic E-state index is 0.681. The SMILES string of the molecule is CC.CC1C=Cc2cc3c(cc2C1)CCCO3. The first-order valence-electron chi connectivity index (χ1n) is 6.80. The molecule has 1 heterocycles. The van der Waals surface area contributed by atoms with Crippen LogP contribution in [0.3, 0.4) is 0 Å². The fraction of sp³-hybridized carbons (Fsp3) is 0.500. The maximum Gasteiger partial charge on any atom is 0.123 e. The number of ether oxygens (including phenoxy) is 1. The van der Waals surface area contributed by atoms with Gasteiger partial charge in [0.2, 0.25) is 0 Å². The van der Waals surface area contributed by atoms with Crippen molar-refractivity contribution in [3.8, 4) is 5.75 Å². The smallest absolute Gasteiger partial charge is 0.123 e. The maximum absolute atomic E-state index is 5.68. The van der Waals surface area contributed by atoms with Gasteiger partial charge in [0.25, 0.3) is 0 Å². The molecule has 1 nitrogen and oxygen atoms in total. The number of hydrogen-bond acceptors (Lipinski definition) is 1. The van der Waals surface area contributed by atoms with Gasteiger partial charge in [0.1, 0.15) is 5.75 Å². The van der Waals surface area contributed by atoms with Gasteiger partial charge < -0.3 is 4.74 Å². The standard InChI is InChI=1S/C14H16O.C2H6/c1-10-4-5-11-9-14-12(3-2-6-15-14)8-13(11)7-10;1-2/h4-5,8-10H,2-3,6-7H2,1H3;1-2H3. The summed E-state index contributed by atoms with van der Waals surface area (Å²) in [6, 6.07) is 4.57. The summed E-state index contributed by atoms with van der Waals surface area (Å²) in [6.07, 6.45) is 8.05. The molecule has 1 atom stereocenters. The third-order valence-electron chi connectivity index (χ3n) is 3.32. The van der Waals surface area contributed by atoms with E-state index in [4.69, 9.17) is 4.74 Å². The normalized spacial score (nSPS) is 20.5. The van der Waals surface area contributed by atoms with Crippen LogP contribution in [0.15, 0.2) is 18.2 Å². The largest absolute Gasteiger partial charge is 0.493 e. The van der Waals surface area contributed by atoms with E-state index in [-0.39, 0.29) is 0 Å². The Morgan fingerprint density at radius 3 is 2.82 bits per heavy atom. The van der Waals surface area contributed by atoms with Crippen molar-refractivity contribution in [1.29, 1.82) is 0 Å². The fourth-order valence-electron chi connectivity index (χ4n) is 2.48. The summed E-state index contributed by atoms with van der Waals surface area (Å²) in [4.78, 5) is 0. The molecule has 1 aromatic rings. The quantitative estimate of drug-likeness (QED) is 0.647. The van der Waals surface area contributed by atoms with E-state index in [2.05, 4.69) is 31.2 Å². The number of aryl methyl sites for hydroxylation is 1. The summed E-state index contributed by atoms with van der Waals surface area (Å²) < 4.78 is 5.68. The summed E-state index contributed by atoms with van der Waals surface area (Å²) in [7, 11) is 0. The third kappa shape index (κ3) is 2.54. The van der Waals surface area contributed by atoms with E-state index in [1.54, 1.807) is 0 Å². The van der Waals surface area contributed by atoms with Crippen LogP contribution in [0.5, 0.6) is 5.75 Å². The average molecular weight is 230 g/mol. The minimum atomic E-state index is 0.681. The highest BCUT2D eigenvalue weighted by Gasteiger charge is 2.16. The van der Waals surface area contributed by atoms with E-state index in [0.29, 0.717) is 5.92 Å². The molecular formula is C16H22O. The zero-order valence-corrected chi connectivity index (χ0v) is 11.1. The Morgan fingerprint density at radius 2 is 2.00 bits per heavy atom. The van der Waals surface area contributed by atoms with Crippen molar-refractivity contribution in [3.63, 3.8) is 0 Å². The third-order valence-corrected chi connectivity index (χ3v) is 3.32. The number of benzene rings is 1. The first-order valence-corrected chi connectivity index (χ1v) is 6.80. The minimum Gasteiger partial charge on any atom is -0.493 e. The zero-order chi connectivity index (χ0) is 12.3. The molecule has 92 valence electrons. The lowest BCUT2D eigenvalue weighted by Crippen LogP contribution is -2.11. The van der Waals surface area contributed by atoms with E-state index >= 15 is 0 Å². The Kier molecular flexibility index (Phi) is 3.88. The van der Waals surface area contributed by atoms with Gasteiger partial charge >= 0.3 is 0 Å². The summed E-state index contributed by atoms with van der Waals surface area (Å²) in [5.74, 6) is 1.79. The summed E-state index contributed by atoms with van der Waals surface area (Å²) >= 11 is 0. The van der Waals surface area contributed by atoms with Crippen LogP contribution in [0.4, 0.5) is 0 Å². The van der Waals surface area contributed by atoms with Crippen molar-refractivity contribution < 1.29 is 4.74 Å². The Hall–Kier alpha value is -1.24. The van der Waals surface area contributed by atoms with E-state index in [9.17, 15) is 0 Å². The Balaban J connectivity index is 0.000000514. The summed E-state index contributed by atoms with van der Waals surface area (Å²) in [5.41, 5.74) is 4.26. The van der Waals surface area contributed by atoms with E-state index < -0.39 is 0 Å². The molecule has 0 fully saturated rings. The van der Waals surface area contributed by atoms with Gasteiger partial charge in [-0.2, -0.15) is 0 Å². The Labute approximate surface area is 104 Å². The molecule has 0 amide bonds. The second-order valence-electron chi connectivity index (χ2n) is 4.65. The topological polar surface area (TPSA) is 9.23 Å². The molecule has 1 aliphatic heterocycles. The predicted octanol–water partition coefficient (Wildman–Crippen LogP) is 4.24. The Bertz CT molecular complexity index is 418. The zero-order valence-electron chi connectivity index (χ0n) is 11.1. The second-order valence-corrected chi connectivity index (χ2v) is 4.65. The van der Waals surface area contributed by atoms with Crippen molar-refractivity contribution in [1.82, 2.24) is 0 Å². The van der Waals surface area contributed by atoms with Crippen molar-refractivity contribution >= 4 is 6.08 Å². The maximum atomic E-state index is 5.68. The van der Waals surface area contributed by atoms with E-state index in [0.717, 1.165) is 18.8 Å². The molecule has 0 N–H and O–H groups in total. The van der Waals surface area contributed by atoms with Crippen molar-refractivity contribution in [2.75, 3.05) is 6.61 Å². The number of rotatable bonds is 0. The molecule has 1 aromatic carbocycles. The van der Waals surface area contributed by atoms with Gasteiger partial charge in [-0.1, -0.05) is 39.0 Å². The number of fused-ring (bicyclic) bond motifs is 2. The molecule has 0 saturated heterocycles. The van der Waals surface area contributed by atoms with Gasteiger partial charge in [0, 0.05) is 0 Å². The first kappa shape index (κ1) is 12.2. The lowest BCUT2D eigenvalue weighted by atomic mass is 9.88. The molecule has 0 bridgehead atoms. The van der Waals surface area contributed by atoms with Crippen LogP contribution < -0.4 is 4.74 Å². The lowest BCUT2D eigenvalue weighted by Gasteiger charge is -2.22. The van der Waals surface area contributed by atoms with Crippen LogP contribution in [0.25, 0.3) is 6.08 Å². The van der Waals surface area contributed by atoms with Gasteiger partial charge in [-0.05, 0) is 47.9 Å². The van der Waals surface area contributed by atoms with Crippen LogP contribution in [-0.2, 0) is 12.8 Å². The highest BCUT2D eigenvalue weighted by atomic mass is 16.5. The molecule has 0 aromatic heterocycles. The predicted molar refractivity (Wildman–Crippen MR) is 73.5 cm³/mol. The molecule has 0 spiro atoms. The number of allylic oxidation sites excluding steroid dienone is 1. The van der Waals surface area contributed by atoms with Crippen LogP contribution in [-0.4, -0.2) is 6.61 Å². The van der Waals surface area contributed by atoms with Crippen molar-refractivity contribution in [3.05, 3.63) is 34.9 Å². The van der Waals surface area contributed by atoms with Crippen molar-refractivity contribution in [2.24, 2.45) is 5.92 Å². The van der Waals surface area contributed by atoms with Crippen LogP contribution in [0, 0.1) is 5.92 Å². The summed E-state index contributed by atoms with van der Waals surface area (Å²) in [5, 5.41) is 0. The molecule has 0 radical (unpaired) electrons. The molecule has 3 rings (SSSR count). The monoisotopic (exact) mass is 230 g/mol. The highest BCUT2D eigenvalue weighted by molar-refractivity contribution is 5.61. The fourth-order valence-corrected chi connectivity index (χ4v) is 2.48. The molecule has 17 heavy (non-hydrogen) atoms. The number of hydrogen-bond donors (Lipinski definition) is 0. The molecule has 1 aliphatic carbocycles. The lowest BCUT2D eigenvalue weighted by molar-refractivity contribution is 0.288. The van der Waals surface area contributed by atoms with Crippen LogP contribution >= 0.6 is 0 Å². The van der Waals surface area contributed by atoms with Gasteiger partial charge in [-0.15, -0.1) is 0 Å². The van der Waals surface area contributed by atoms with Crippen molar-refractivity contribution in [2.45, 2.75) is 40.0 Å². The first-order chi connectivity index (χ1) is 8.33. The van der Waals surface area contributed by atoms with Gasteiger partial charge in [-0.25, -0.2) is 0 Å². The molecule has 1 unspecified atom stereocenters. The summed E-state index contributed by atoms with van der Waals surface area (Å²) in [6.45, 7) is 7.15. The van der Waals surface area contributed by atoms with Crippen LogP contribution in [0.2, 0.25) is 0 Å². The van der Waals surface area contributed by atoms with Crippen LogP contribution in [0.1, 0.15) is 43.9 Å². The highest BCUT2D eigenvalue weighted by Crippen LogP contribution is 2.32. The molecule has 1 heteroatoms. The molecular weight excluding hydrogens is 208 g/mol.